The van der Waals surface area contributed by atoms with E-state index >= 15 is 0 Å². The van der Waals surface area contributed by atoms with E-state index in [9.17, 15) is 9.59 Å². The van der Waals surface area contributed by atoms with Crippen molar-refractivity contribution in [3.05, 3.63) is 51.6 Å². The van der Waals surface area contributed by atoms with E-state index in [1.807, 2.05) is 25.1 Å². The van der Waals surface area contributed by atoms with Crippen molar-refractivity contribution < 1.29 is 18.7 Å². The fourth-order valence-corrected chi connectivity index (χ4v) is 5.38. The third-order valence-corrected chi connectivity index (χ3v) is 6.83. The monoisotopic (exact) mass is 440 g/mol. The summed E-state index contributed by atoms with van der Waals surface area (Å²) < 4.78 is 10.7. The summed E-state index contributed by atoms with van der Waals surface area (Å²) in [5, 5.41) is 7.61. The van der Waals surface area contributed by atoms with Crippen molar-refractivity contribution in [3.63, 3.8) is 0 Å². The van der Waals surface area contributed by atoms with Crippen molar-refractivity contribution in [2.24, 2.45) is 0 Å². The number of amides is 2. The van der Waals surface area contributed by atoms with E-state index < -0.39 is 0 Å². The summed E-state index contributed by atoms with van der Waals surface area (Å²) in [4.78, 5) is 27.1. The van der Waals surface area contributed by atoms with Gasteiger partial charge in [0.05, 0.1) is 18.2 Å². The molecule has 3 aromatic rings. The molecule has 1 aliphatic rings. The average Bonchev–Trinajstić information content (AvgIpc) is 3.31. The lowest BCUT2D eigenvalue weighted by Gasteiger charge is -2.13. The second kappa shape index (κ2) is 9.66. The van der Waals surface area contributed by atoms with Gasteiger partial charge >= 0.3 is 0 Å². The highest BCUT2D eigenvalue weighted by molar-refractivity contribution is 7.17. The number of anilines is 1. The molecule has 0 bridgehead atoms. The Labute approximate surface area is 186 Å². The summed E-state index contributed by atoms with van der Waals surface area (Å²) in [5.41, 5.74) is 4.48. The Hall–Kier alpha value is -2.64. The van der Waals surface area contributed by atoms with Gasteiger partial charge in [0, 0.05) is 36.1 Å². The molecule has 2 heterocycles. The summed E-state index contributed by atoms with van der Waals surface area (Å²) in [6.45, 7) is 3.17. The molecule has 0 saturated heterocycles. The summed E-state index contributed by atoms with van der Waals surface area (Å²) in [6, 6.07) is 5.94. The number of thiophene rings is 1. The molecule has 2 aromatic heterocycles. The standard InChI is InChI=1S/C24H28N2O4S/c1-15-8-9-19-18(12-15)16(14-30-19)13-21(27)26-24-22(23(28)25-10-5-11-29-2)17-6-3-4-7-20(17)31-24/h8-9,12,14H,3-7,10-11,13H2,1-2H3,(H,25,28)(H,26,27). The number of rotatable bonds is 8. The molecule has 0 fully saturated rings. The number of ether oxygens (including phenoxy) is 1. The van der Waals surface area contributed by atoms with Crippen molar-refractivity contribution in [3.8, 4) is 0 Å². The smallest absolute Gasteiger partial charge is 0.254 e. The van der Waals surface area contributed by atoms with Gasteiger partial charge in [0.1, 0.15) is 10.6 Å². The minimum atomic E-state index is -0.142. The SMILES string of the molecule is COCCCNC(=O)c1c(NC(=O)Cc2coc3ccc(C)cc23)sc2c1CCCC2. The fourth-order valence-electron chi connectivity index (χ4n) is 4.08. The second-order valence-corrected chi connectivity index (χ2v) is 9.11. The van der Waals surface area contributed by atoms with Crippen LogP contribution in [0, 0.1) is 6.92 Å². The van der Waals surface area contributed by atoms with Crippen LogP contribution in [-0.2, 0) is 28.8 Å². The molecule has 2 amide bonds. The lowest BCUT2D eigenvalue weighted by Crippen LogP contribution is -2.27. The third kappa shape index (κ3) is 4.83. The third-order valence-electron chi connectivity index (χ3n) is 5.62. The number of nitrogens with one attached hydrogen (secondary N) is 2. The van der Waals surface area contributed by atoms with Crippen LogP contribution in [0.5, 0.6) is 0 Å². The average molecular weight is 441 g/mol. The molecule has 0 aliphatic heterocycles. The maximum atomic E-state index is 13.0. The van der Waals surface area contributed by atoms with Crippen molar-refractivity contribution >= 4 is 39.1 Å². The minimum absolute atomic E-state index is 0.116. The normalized spacial score (nSPS) is 13.2. The lowest BCUT2D eigenvalue weighted by molar-refractivity contribution is -0.115. The van der Waals surface area contributed by atoms with Crippen LogP contribution in [0.4, 0.5) is 5.00 Å². The number of carbonyl (C=O) groups excluding carboxylic acids is 2. The molecule has 164 valence electrons. The number of aryl methyl sites for hydroxylation is 2. The van der Waals surface area contributed by atoms with Crippen LogP contribution in [0.2, 0.25) is 0 Å². The van der Waals surface area contributed by atoms with Crippen LogP contribution in [0.1, 0.15) is 51.2 Å². The van der Waals surface area contributed by atoms with Gasteiger partial charge in [-0.15, -0.1) is 11.3 Å². The number of methoxy groups -OCH3 is 1. The van der Waals surface area contributed by atoms with Gasteiger partial charge < -0.3 is 19.8 Å². The Morgan fingerprint density at radius 1 is 1.23 bits per heavy atom. The van der Waals surface area contributed by atoms with E-state index in [1.165, 1.54) is 4.88 Å². The zero-order valence-corrected chi connectivity index (χ0v) is 18.8. The Bertz CT molecular complexity index is 1100. The highest BCUT2D eigenvalue weighted by Gasteiger charge is 2.26. The van der Waals surface area contributed by atoms with Gasteiger partial charge in [0.2, 0.25) is 5.91 Å². The molecular formula is C24H28N2O4S. The van der Waals surface area contributed by atoms with Crippen LogP contribution < -0.4 is 10.6 Å². The van der Waals surface area contributed by atoms with Crippen molar-refractivity contribution in [1.29, 1.82) is 0 Å². The van der Waals surface area contributed by atoms with E-state index in [0.717, 1.165) is 59.8 Å². The van der Waals surface area contributed by atoms with Gasteiger partial charge in [-0.2, -0.15) is 0 Å². The number of hydrogen-bond acceptors (Lipinski definition) is 5. The van der Waals surface area contributed by atoms with Gasteiger partial charge in [-0.05, 0) is 56.7 Å². The second-order valence-electron chi connectivity index (χ2n) is 8.00. The number of furan rings is 1. The van der Waals surface area contributed by atoms with E-state index in [-0.39, 0.29) is 18.2 Å². The first-order valence-electron chi connectivity index (χ1n) is 10.7. The van der Waals surface area contributed by atoms with Crippen LogP contribution in [-0.4, -0.2) is 32.1 Å². The molecule has 7 heteroatoms. The summed E-state index contributed by atoms with van der Waals surface area (Å²) in [5.74, 6) is -0.258. The minimum Gasteiger partial charge on any atom is -0.464 e. The first-order chi connectivity index (χ1) is 15.1. The first kappa shape index (κ1) is 21.6. The van der Waals surface area contributed by atoms with Gasteiger partial charge in [0.15, 0.2) is 0 Å². The Balaban J connectivity index is 1.52. The highest BCUT2D eigenvalue weighted by Crippen LogP contribution is 2.38. The van der Waals surface area contributed by atoms with Gasteiger partial charge in [0.25, 0.3) is 5.91 Å². The molecule has 31 heavy (non-hydrogen) atoms. The molecule has 1 aliphatic carbocycles. The topological polar surface area (TPSA) is 80.6 Å². The van der Waals surface area contributed by atoms with E-state index in [4.69, 9.17) is 9.15 Å². The molecule has 1 aromatic carbocycles. The predicted molar refractivity (Wildman–Crippen MR) is 123 cm³/mol. The number of fused-ring (bicyclic) bond motifs is 2. The van der Waals surface area contributed by atoms with E-state index in [1.54, 1.807) is 24.7 Å². The van der Waals surface area contributed by atoms with Crippen molar-refractivity contribution in [2.75, 3.05) is 25.6 Å². The molecule has 6 nitrogen and oxygen atoms in total. The maximum absolute atomic E-state index is 13.0. The van der Waals surface area contributed by atoms with Crippen LogP contribution in [0.3, 0.4) is 0 Å². The molecule has 4 rings (SSSR count). The van der Waals surface area contributed by atoms with Crippen molar-refractivity contribution in [2.45, 2.75) is 45.4 Å². The molecule has 0 spiro atoms. The Morgan fingerprint density at radius 2 is 2.06 bits per heavy atom. The summed E-state index contributed by atoms with van der Waals surface area (Å²) in [6.07, 6.45) is 6.64. The van der Waals surface area contributed by atoms with E-state index in [2.05, 4.69) is 10.6 Å². The Morgan fingerprint density at radius 3 is 2.90 bits per heavy atom. The quantitative estimate of drug-likeness (QED) is 0.501. The fraction of sp³-hybridized carbons (Fsp3) is 0.417. The summed E-state index contributed by atoms with van der Waals surface area (Å²) in [7, 11) is 1.65. The predicted octanol–water partition coefficient (Wildman–Crippen LogP) is 4.63. The largest absolute Gasteiger partial charge is 0.464 e. The van der Waals surface area contributed by atoms with Crippen molar-refractivity contribution in [1.82, 2.24) is 5.32 Å². The zero-order valence-electron chi connectivity index (χ0n) is 18.0. The molecule has 0 unspecified atom stereocenters. The Kier molecular flexibility index (Phi) is 6.73. The van der Waals surface area contributed by atoms with Crippen LogP contribution in [0.25, 0.3) is 11.0 Å². The molecular weight excluding hydrogens is 412 g/mol. The van der Waals surface area contributed by atoms with Gasteiger partial charge in [-0.3, -0.25) is 9.59 Å². The summed E-state index contributed by atoms with van der Waals surface area (Å²) >= 11 is 1.54. The lowest BCUT2D eigenvalue weighted by atomic mass is 9.95. The highest BCUT2D eigenvalue weighted by atomic mass is 32.1. The first-order valence-corrected chi connectivity index (χ1v) is 11.6. The maximum Gasteiger partial charge on any atom is 0.254 e. The molecule has 2 N–H and O–H groups in total. The van der Waals surface area contributed by atoms with Gasteiger partial charge in [-0.25, -0.2) is 0 Å². The van der Waals surface area contributed by atoms with Gasteiger partial charge in [-0.1, -0.05) is 11.6 Å². The number of hydrogen-bond donors (Lipinski definition) is 2. The van der Waals surface area contributed by atoms with E-state index in [0.29, 0.717) is 23.7 Å². The van der Waals surface area contributed by atoms with Crippen LogP contribution >= 0.6 is 11.3 Å². The zero-order chi connectivity index (χ0) is 21.8. The number of carbonyl (C=O) groups is 2. The molecule has 0 radical (unpaired) electrons. The number of benzene rings is 1. The van der Waals surface area contributed by atoms with Crippen LogP contribution in [0.15, 0.2) is 28.9 Å². The molecule has 0 saturated carbocycles. The molecule has 0 atom stereocenters.